The van der Waals surface area contributed by atoms with E-state index in [9.17, 15) is 10.2 Å². The molecule has 0 bridgehead atoms. The van der Waals surface area contributed by atoms with E-state index in [0.29, 0.717) is 29.0 Å². The Bertz CT molecular complexity index is 1360. The Morgan fingerprint density at radius 2 is 1.21 bits per heavy atom. The fraction of sp³-hybridized carbons (Fsp3) is 0.0667. The minimum atomic E-state index is -1.55. The van der Waals surface area contributed by atoms with E-state index in [2.05, 4.69) is 0 Å². The largest absolute Gasteiger partial charge is 0.508 e. The van der Waals surface area contributed by atoms with Crippen LogP contribution in [-0.2, 0) is 12.2 Å². The van der Waals surface area contributed by atoms with E-state index in [4.69, 9.17) is 4.74 Å². The smallest absolute Gasteiger partial charge is 0.144 e. The third kappa shape index (κ3) is 3.95. The minimum absolute atomic E-state index is 0.0458. The average Bonchev–Trinajstić information content (AvgIpc) is 2.88. The molecule has 0 saturated heterocycles. The summed E-state index contributed by atoms with van der Waals surface area (Å²) in [7, 11) is 0. The van der Waals surface area contributed by atoms with Crippen LogP contribution in [0.5, 0.6) is 11.5 Å². The van der Waals surface area contributed by atoms with Crippen LogP contribution in [0.2, 0.25) is 0 Å². The maximum atomic E-state index is 12.3. The molecule has 0 aliphatic rings. The molecule has 3 heteroatoms. The van der Waals surface area contributed by atoms with Crippen LogP contribution < -0.4 is 4.74 Å². The highest BCUT2D eigenvalue weighted by Gasteiger charge is 2.37. The second-order valence-corrected chi connectivity index (χ2v) is 8.06. The number of fused-ring (bicyclic) bond motifs is 1. The molecule has 0 radical (unpaired) electrons. The lowest BCUT2D eigenvalue weighted by Crippen LogP contribution is -2.29. The molecule has 3 nitrogen and oxygen atoms in total. The fourth-order valence-corrected chi connectivity index (χ4v) is 4.31. The van der Waals surface area contributed by atoms with Gasteiger partial charge in [0.15, 0.2) is 0 Å². The third-order valence-corrected chi connectivity index (χ3v) is 5.98. The molecule has 0 heterocycles. The SMILES string of the molecule is Oc1ccc2ccccc2c1C(O)(c1ccccc1)c1ccc(OCc2ccccc2)cc1. The van der Waals surface area contributed by atoms with Gasteiger partial charge in [-0.05, 0) is 45.7 Å². The van der Waals surface area contributed by atoms with Crippen LogP contribution in [-0.4, -0.2) is 10.2 Å². The zero-order chi connectivity index (χ0) is 22.7. The van der Waals surface area contributed by atoms with Crippen molar-refractivity contribution in [3.05, 3.63) is 144 Å². The van der Waals surface area contributed by atoms with Crippen molar-refractivity contribution in [2.75, 3.05) is 0 Å². The molecule has 5 aromatic carbocycles. The Kier molecular flexibility index (Phi) is 5.55. The lowest BCUT2D eigenvalue weighted by atomic mass is 9.78. The first kappa shape index (κ1) is 20.8. The first-order chi connectivity index (χ1) is 16.2. The van der Waals surface area contributed by atoms with Crippen LogP contribution in [0.25, 0.3) is 10.8 Å². The van der Waals surface area contributed by atoms with E-state index in [0.717, 1.165) is 16.3 Å². The van der Waals surface area contributed by atoms with Crippen LogP contribution in [0.4, 0.5) is 0 Å². The van der Waals surface area contributed by atoms with E-state index < -0.39 is 5.60 Å². The van der Waals surface area contributed by atoms with Gasteiger partial charge in [-0.15, -0.1) is 0 Å². The molecular formula is C30H24O3. The third-order valence-electron chi connectivity index (χ3n) is 5.98. The summed E-state index contributed by atoms with van der Waals surface area (Å²) in [5, 5.41) is 25.0. The molecule has 0 aliphatic heterocycles. The van der Waals surface area contributed by atoms with Gasteiger partial charge in [-0.3, -0.25) is 0 Å². The predicted octanol–water partition coefficient (Wildman–Crippen LogP) is 6.41. The molecule has 162 valence electrons. The summed E-state index contributed by atoms with van der Waals surface area (Å²) in [5.41, 5.74) is 1.32. The standard InChI is InChI=1S/C30H24O3/c31-28-20-15-23-11-7-8-14-27(23)29(28)30(32,24-12-5-2-6-13-24)25-16-18-26(19-17-25)33-21-22-9-3-1-4-10-22/h1-20,31-32H,21H2. The van der Waals surface area contributed by atoms with E-state index in [1.54, 1.807) is 6.07 Å². The molecule has 0 saturated carbocycles. The van der Waals surface area contributed by atoms with Gasteiger partial charge < -0.3 is 14.9 Å². The molecule has 2 N–H and O–H groups in total. The Balaban J connectivity index is 1.59. The number of phenolic OH excluding ortho intramolecular Hbond substituents is 1. The van der Waals surface area contributed by atoms with Crippen LogP contribution in [0, 0.1) is 0 Å². The summed E-state index contributed by atoms with van der Waals surface area (Å²) in [5.74, 6) is 0.754. The van der Waals surface area contributed by atoms with Crippen molar-refractivity contribution in [3.63, 3.8) is 0 Å². The van der Waals surface area contributed by atoms with Gasteiger partial charge in [0, 0.05) is 5.56 Å². The highest BCUT2D eigenvalue weighted by molar-refractivity contribution is 5.89. The lowest BCUT2D eigenvalue weighted by molar-refractivity contribution is 0.124. The molecule has 0 spiro atoms. The van der Waals surface area contributed by atoms with Crippen molar-refractivity contribution in [1.29, 1.82) is 0 Å². The molecule has 5 rings (SSSR count). The van der Waals surface area contributed by atoms with Crippen molar-refractivity contribution in [1.82, 2.24) is 0 Å². The highest BCUT2D eigenvalue weighted by atomic mass is 16.5. The average molecular weight is 433 g/mol. The van der Waals surface area contributed by atoms with Crippen molar-refractivity contribution in [3.8, 4) is 11.5 Å². The highest BCUT2D eigenvalue weighted by Crippen LogP contribution is 2.44. The molecule has 1 atom stereocenters. The predicted molar refractivity (Wildman–Crippen MR) is 131 cm³/mol. The summed E-state index contributed by atoms with van der Waals surface area (Å²) < 4.78 is 5.93. The van der Waals surface area contributed by atoms with Crippen LogP contribution >= 0.6 is 0 Å². The van der Waals surface area contributed by atoms with E-state index in [1.165, 1.54) is 0 Å². The summed E-state index contributed by atoms with van der Waals surface area (Å²) in [4.78, 5) is 0. The van der Waals surface area contributed by atoms with Gasteiger partial charge in [0.2, 0.25) is 0 Å². The van der Waals surface area contributed by atoms with Crippen LogP contribution in [0.3, 0.4) is 0 Å². The summed E-state index contributed by atoms with van der Waals surface area (Å²) >= 11 is 0. The first-order valence-corrected chi connectivity index (χ1v) is 10.9. The molecule has 33 heavy (non-hydrogen) atoms. The summed E-state index contributed by atoms with van der Waals surface area (Å²) in [6.07, 6.45) is 0. The fourth-order valence-electron chi connectivity index (χ4n) is 4.31. The molecule has 0 fully saturated rings. The maximum Gasteiger partial charge on any atom is 0.144 e. The van der Waals surface area contributed by atoms with E-state index in [1.807, 2.05) is 115 Å². The van der Waals surface area contributed by atoms with E-state index >= 15 is 0 Å². The van der Waals surface area contributed by atoms with Gasteiger partial charge in [0.1, 0.15) is 23.7 Å². The number of phenols is 1. The Morgan fingerprint density at radius 1 is 0.606 bits per heavy atom. The molecule has 0 aliphatic carbocycles. The quantitative estimate of drug-likeness (QED) is 0.305. The Labute approximate surface area is 193 Å². The second-order valence-electron chi connectivity index (χ2n) is 8.06. The van der Waals surface area contributed by atoms with Gasteiger partial charge in [0.05, 0.1) is 0 Å². The van der Waals surface area contributed by atoms with Crippen LogP contribution in [0.1, 0.15) is 22.3 Å². The summed E-state index contributed by atoms with van der Waals surface area (Å²) in [6.45, 7) is 0.466. The van der Waals surface area contributed by atoms with Gasteiger partial charge in [-0.25, -0.2) is 0 Å². The van der Waals surface area contributed by atoms with Crippen molar-refractivity contribution in [2.24, 2.45) is 0 Å². The van der Waals surface area contributed by atoms with Crippen molar-refractivity contribution in [2.45, 2.75) is 12.2 Å². The zero-order valence-electron chi connectivity index (χ0n) is 18.1. The molecule has 0 aromatic heterocycles. The van der Waals surface area contributed by atoms with Gasteiger partial charge in [-0.2, -0.15) is 0 Å². The Morgan fingerprint density at radius 3 is 1.94 bits per heavy atom. The topological polar surface area (TPSA) is 49.7 Å². The number of ether oxygens (including phenoxy) is 1. The summed E-state index contributed by atoms with van der Waals surface area (Å²) in [6, 6.07) is 38.1. The normalized spacial score (nSPS) is 12.9. The number of rotatable bonds is 6. The van der Waals surface area contributed by atoms with Gasteiger partial charge in [0.25, 0.3) is 0 Å². The first-order valence-electron chi connectivity index (χ1n) is 10.9. The van der Waals surface area contributed by atoms with Gasteiger partial charge in [-0.1, -0.05) is 103 Å². The number of hydrogen-bond acceptors (Lipinski definition) is 3. The molecular weight excluding hydrogens is 408 g/mol. The van der Waals surface area contributed by atoms with Gasteiger partial charge >= 0.3 is 0 Å². The Hall–Kier alpha value is -4.08. The maximum absolute atomic E-state index is 12.3. The molecule has 1 unspecified atom stereocenters. The minimum Gasteiger partial charge on any atom is -0.508 e. The van der Waals surface area contributed by atoms with E-state index in [-0.39, 0.29) is 5.75 Å². The second kappa shape index (κ2) is 8.81. The van der Waals surface area contributed by atoms with Crippen LogP contribution in [0.15, 0.2) is 121 Å². The monoisotopic (exact) mass is 432 g/mol. The number of hydrogen-bond donors (Lipinski definition) is 2. The lowest BCUT2D eigenvalue weighted by Gasteiger charge is -2.32. The number of benzene rings is 5. The molecule has 5 aromatic rings. The zero-order valence-corrected chi connectivity index (χ0v) is 18.1. The molecule has 0 amide bonds. The number of aliphatic hydroxyl groups is 1. The van der Waals surface area contributed by atoms with Crippen molar-refractivity contribution >= 4 is 10.8 Å². The number of aromatic hydroxyl groups is 1. The van der Waals surface area contributed by atoms with Crippen molar-refractivity contribution < 1.29 is 14.9 Å².